The van der Waals surface area contributed by atoms with Gasteiger partial charge in [-0.25, -0.2) is 0 Å². The van der Waals surface area contributed by atoms with Crippen LogP contribution in [-0.2, 0) is 0 Å². The van der Waals surface area contributed by atoms with E-state index in [-0.39, 0.29) is 0 Å². The summed E-state index contributed by atoms with van der Waals surface area (Å²) in [6, 6.07) is 9.08. The molecule has 88 valence electrons. The van der Waals surface area contributed by atoms with Crippen molar-refractivity contribution in [3.8, 4) is 0 Å². The molecule has 1 aliphatic rings. The van der Waals surface area contributed by atoms with E-state index in [1.54, 1.807) is 0 Å². The van der Waals surface area contributed by atoms with Crippen molar-refractivity contribution in [2.75, 3.05) is 5.32 Å². The van der Waals surface area contributed by atoms with E-state index >= 15 is 0 Å². The van der Waals surface area contributed by atoms with Crippen molar-refractivity contribution >= 4 is 16.6 Å². The molecule has 1 unspecified atom stereocenters. The number of nitrogens with one attached hydrogen (secondary N) is 1. The van der Waals surface area contributed by atoms with Gasteiger partial charge in [-0.15, -0.1) is 0 Å². The molecule has 1 aromatic heterocycles. The maximum absolute atomic E-state index is 4.41. The fourth-order valence-corrected chi connectivity index (χ4v) is 2.35. The summed E-state index contributed by atoms with van der Waals surface area (Å²) >= 11 is 0. The van der Waals surface area contributed by atoms with E-state index in [0.29, 0.717) is 6.04 Å². The average Bonchev–Trinajstić information content (AvgIpc) is 3.13. The van der Waals surface area contributed by atoms with Crippen LogP contribution in [0.15, 0.2) is 30.5 Å². The fraction of sp³-hybridized carbons (Fsp3) is 0.400. The van der Waals surface area contributed by atoms with Gasteiger partial charge in [0.1, 0.15) is 0 Å². The third-order valence-electron chi connectivity index (χ3n) is 3.61. The highest BCUT2D eigenvalue weighted by Gasteiger charge is 2.27. The van der Waals surface area contributed by atoms with Crippen LogP contribution in [0, 0.1) is 12.8 Å². The molecule has 2 nitrogen and oxygen atoms in total. The van der Waals surface area contributed by atoms with Crippen molar-refractivity contribution < 1.29 is 0 Å². The van der Waals surface area contributed by atoms with Crippen LogP contribution in [-0.4, -0.2) is 11.0 Å². The lowest BCUT2D eigenvalue weighted by molar-refractivity contribution is 0.695. The third kappa shape index (κ3) is 2.12. The fourth-order valence-electron chi connectivity index (χ4n) is 2.35. The Bertz CT molecular complexity index is 544. The molecule has 0 aliphatic heterocycles. The molecule has 3 rings (SSSR count). The minimum Gasteiger partial charge on any atom is -0.382 e. The van der Waals surface area contributed by atoms with Gasteiger partial charge >= 0.3 is 0 Å². The highest BCUT2D eigenvalue weighted by molar-refractivity contribution is 5.91. The van der Waals surface area contributed by atoms with E-state index in [9.17, 15) is 0 Å². The monoisotopic (exact) mass is 226 g/mol. The smallest absolute Gasteiger partial charge is 0.0722 e. The van der Waals surface area contributed by atoms with Gasteiger partial charge in [-0.05, 0) is 50.8 Å². The number of rotatable bonds is 3. The van der Waals surface area contributed by atoms with Crippen LogP contribution in [0.5, 0.6) is 0 Å². The molecule has 0 radical (unpaired) electrons. The molecule has 2 aromatic rings. The zero-order valence-corrected chi connectivity index (χ0v) is 10.4. The van der Waals surface area contributed by atoms with Gasteiger partial charge in [-0.3, -0.25) is 4.98 Å². The van der Waals surface area contributed by atoms with Crippen molar-refractivity contribution in [1.29, 1.82) is 0 Å². The number of aromatic nitrogens is 1. The predicted octanol–water partition coefficient (Wildman–Crippen LogP) is 3.75. The molecule has 17 heavy (non-hydrogen) atoms. The first-order valence-electron chi connectivity index (χ1n) is 6.36. The molecule has 1 aliphatic carbocycles. The molecule has 0 spiro atoms. The number of pyridine rings is 1. The molecule has 0 saturated heterocycles. The third-order valence-corrected chi connectivity index (χ3v) is 3.61. The van der Waals surface area contributed by atoms with E-state index in [4.69, 9.17) is 0 Å². The number of fused-ring (bicyclic) bond motifs is 1. The van der Waals surface area contributed by atoms with Crippen LogP contribution in [0.25, 0.3) is 10.9 Å². The van der Waals surface area contributed by atoms with E-state index in [2.05, 4.69) is 48.4 Å². The van der Waals surface area contributed by atoms with E-state index in [1.807, 2.05) is 6.20 Å². The summed E-state index contributed by atoms with van der Waals surface area (Å²) in [7, 11) is 0. The minimum atomic E-state index is 0.570. The molecule has 1 saturated carbocycles. The second kappa shape index (κ2) is 4.02. The molecule has 0 bridgehead atoms. The van der Waals surface area contributed by atoms with Gasteiger partial charge in [0, 0.05) is 23.3 Å². The zero-order chi connectivity index (χ0) is 11.8. The van der Waals surface area contributed by atoms with Crippen LogP contribution in [0.4, 0.5) is 5.69 Å². The van der Waals surface area contributed by atoms with Crippen molar-refractivity contribution in [2.45, 2.75) is 32.7 Å². The van der Waals surface area contributed by atoms with Crippen molar-refractivity contribution in [3.63, 3.8) is 0 Å². The lowest BCUT2D eigenvalue weighted by atomic mass is 10.1. The topological polar surface area (TPSA) is 24.9 Å². The van der Waals surface area contributed by atoms with Crippen LogP contribution in [0.2, 0.25) is 0 Å². The number of benzene rings is 1. The SMILES string of the molecule is Cc1ccc2nccc(NC(C)C3CC3)c2c1. The first kappa shape index (κ1) is 10.6. The standard InChI is InChI=1S/C15H18N2/c1-10-3-6-14-13(9-10)15(7-8-16-14)17-11(2)12-4-5-12/h3,6-9,11-12H,4-5H2,1-2H3,(H,16,17). The number of aryl methyl sites for hydroxylation is 1. The van der Waals surface area contributed by atoms with Gasteiger partial charge in [0.25, 0.3) is 0 Å². The molecule has 2 heteroatoms. The minimum absolute atomic E-state index is 0.570. The van der Waals surface area contributed by atoms with Crippen LogP contribution in [0.3, 0.4) is 0 Å². The maximum atomic E-state index is 4.41. The lowest BCUT2D eigenvalue weighted by Gasteiger charge is -2.16. The number of nitrogens with zero attached hydrogens (tertiary/aromatic N) is 1. The Labute approximate surface area is 102 Å². The normalized spacial score (nSPS) is 17.1. The molecule has 1 atom stereocenters. The van der Waals surface area contributed by atoms with Crippen LogP contribution in [0.1, 0.15) is 25.3 Å². The summed E-state index contributed by atoms with van der Waals surface area (Å²) in [5.74, 6) is 0.864. The van der Waals surface area contributed by atoms with Gasteiger partial charge in [0.15, 0.2) is 0 Å². The molecule has 1 N–H and O–H groups in total. The number of hydrogen-bond acceptors (Lipinski definition) is 2. The summed E-state index contributed by atoms with van der Waals surface area (Å²) in [5, 5.41) is 4.87. The second-order valence-corrected chi connectivity index (χ2v) is 5.15. The summed E-state index contributed by atoms with van der Waals surface area (Å²) in [4.78, 5) is 4.41. The molecule has 1 aromatic carbocycles. The van der Waals surface area contributed by atoms with E-state index < -0.39 is 0 Å². The number of hydrogen-bond donors (Lipinski definition) is 1. The van der Waals surface area contributed by atoms with Gasteiger partial charge in [0.2, 0.25) is 0 Å². The van der Waals surface area contributed by atoms with Gasteiger partial charge < -0.3 is 5.32 Å². The summed E-state index contributed by atoms with van der Waals surface area (Å²) < 4.78 is 0. The van der Waals surface area contributed by atoms with Gasteiger partial charge in [0.05, 0.1) is 5.52 Å². The Morgan fingerprint density at radius 1 is 1.29 bits per heavy atom. The van der Waals surface area contributed by atoms with E-state index in [0.717, 1.165) is 11.4 Å². The second-order valence-electron chi connectivity index (χ2n) is 5.15. The Hall–Kier alpha value is -1.57. The molecule has 1 heterocycles. The highest BCUT2D eigenvalue weighted by Crippen LogP contribution is 2.35. The maximum Gasteiger partial charge on any atom is 0.0722 e. The van der Waals surface area contributed by atoms with Gasteiger partial charge in [-0.1, -0.05) is 11.6 Å². The largest absolute Gasteiger partial charge is 0.382 e. The van der Waals surface area contributed by atoms with Crippen LogP contribution >= 0.6 is 0 Å². The highest BCUT2D eigenvalue weighted by atomic mass is 14.9. The molecule has 0 amide bonds. The zero-order valence-electron chi connectivity index (χ0n) is 10.4. The molecular weight excluding hydrogens is 208 g/mol. The Morgan fingerprint density at radius 2 is 2.12 bits per heavy atom. The Morgan fingerprint density at radius 3 is 2.88 bits per heavy atom. The summed E-state index contributed by atoms with van der Waals surface area (Å²) in [6.45, 7) is 4.40. The van der Waals surface area contributed by atoms with Gasteiger partial charge in [-0.2, -0.15) is 0 Å². The van der Waals surface area contributed by atoms with Crippen LogP contribution < -0.4 is 5.32 Å². The number of anilines is 1. The quantitative estimate of drug-likeness (QED) is 0.862. The Balaban J connectivity index is 1.99. The van der Waals surface area contributed by atoms with E-state index in [1.165, 1.54) is 29.5 Å². The Kier molecular flexibility index (Phi) is 2.50. The predicted molar refractivity (Wildman–Crippen MR) is 72.3 cm³/mol. The molecular formula is C15H18N2. The first-order valence-corrected chi connectivity index (χ1v) is 6.36. The average molecular weight is 226 g/mol. The summed E-state index contributed by atoms with van der Waals surface area (Å²) in [6.07, 6.45) is 4.63. The summed E-state index contributed by atoms with van der Waals surface area (Å²) in [5.41, 5.74) is 3.58. The van der Waals surface area contributed by atoms with Crippen molar-refractivity contribution in [2.24, 2.45) is 5.92 Å². The lowest BCUT2D eigenvalue weighted by Crippen LogP contribution is -2.17. The van der Waals surface area contributed by atoms with Crippen molar-refractivity contribution in [1.82, 2.24) is 4.98 Å². The van der Waals surface area contributed by atoms with Crippen molar-refractivity contribution in [3.05, 3.63) is 36.0 Å². The first-order chi connectivity index (χ1) is 8.24. The molecule has 1 fully saturated rings.